The summed E-state index contributed by atoms with van der Waals surface area (Å²) in [6.07, 6.45) is 0. The summed E-state index contributed by atoms with van der Waals surface area (Å²) in [5.74, 6) is 0.533. The normalized spacial score (nSPS) is 10.7. The molecule has 1 amide bonds. The van der Waals surface area contributed by atoms with Crippen LogP contribution in [0.4, 0.5) is 5.13 Å². The molecule has 0 aliphatic heterocycles. The molecule has 0 fully saturated rings. The second-order valence-corrected chi connectivity index (χ2v) is 7.66. The van der Waals surface area contributed by atoms with Gasteiger partial charge in [0.05, 0.1) is 5.69 Å². The number of methoxy groups -OCH3 is 1. The average Bonchev–Trinajstić information content (AvgIpc) is 3.20. The lowest BCUT2D eigenvalue weighted by molar-refractivity contribution is 0.102. The van der Waals surface area contributed by atoms with Gasteiger partial charge in [0.25, 0.3) is 5.91 Å². The van der Waals surface area contributed by atoms with E-state index < -0.39 is 0 Å². The van der Waals surface area contributed by atoms with E-state index in [-0.39, 0.29) is 5.91 Å². The van der Waals surface area contributed by atoms with E-state index in [1.54, 1.807) is 14.0 Å². The van der Waals surface area contributed by atoms with Crippen LogP contribution < -0.4 is 10.1 Å². The number of aryl methyl sites for hydroxylation is 2. The fourth-order valence-electron chi connectivity index (χ4n) is 2.21. The van der Waals surface area contributed by atoms with Crippen LogP contribution in [0.2, 0.25) is 0 Å². The number of rotatable bonds is 7. The molecule has 0 bridgehead atoms. The van der Waals surface area contributed by atoms with Gasteiger partial charge < -0.3 is 9.47 Å². The fraction of sp³-hybridized carbons (Fsp3) is 0.294. The van der Waals surface area contributed by atoms with Gasteiger partial charge in [-0.1, -0.05) is 23.5 Å². The summed E-state index contributed by atoms with van der Waals surface area (Å²) in [6, 6.07) is 7.81. The fourth-order valence-corrected chi connectivity index (χ4v) is 3.79. The van der Waals surface area contributed by atoms with Crippen molar-refractivity contribution in [3.8, 4) is 5.75 Å². The summed E-state index contributed by atoms with van der Waals surface area (Å²) in [7, 11) is 1.58. The maximum Gasteiger partial charge on any atom is 0.269 e. The Morgan fingerprint density at radius 3 is 2.77 bits per heavy atom. The maximum atomic E-state index is 12.5. The van der Waals surface area contributed by atoms with Crippen molar-refractivity contribution in [2.45, 2.75) is 27.1 Å². The summed E-state index contributed by atoms with van der Waals surface area (Å²) < 4.78 is 10.7. The highest BCUT2D eigenvalue weighted by molar-refractivity contribution is 7.16. The van der Waals surface area contributed by atoms with Crippen molar-refractivity contribution in [2.24, 2.45) is 0 Å². The largest absolute Gasteiger partial charge is 0.486 e. The Kier molecular flexibility index (Phi) is 5.92. The summed E-state index contributed by atoms with van der Waals surface area (Å²) in [4.78, 5) is 17.4. The minimum absolute atomic E-state index is 0.248. The zero-order chi connectivity index (χ0) is 18.5. The van der Waals surface area contributed by atoms with Crippen LogP contribution in [0.1, 0.15) is 30.9 Å². The van der Waals surface area contributed by atoms with Crippen LogP contribution in [0.15, 0.2) is 24.3 Å². The number of carbonyl (C=O) groups is 1. The molecule has 0 aliphatic rings. The van der Waals surface area contributed by atoms with E-state index in [0.29, 0.717) is 33.9 Å². The van der Waals surface area contributed by atoms with Crippen molar-refractivity contribution in [1.82, 2.24) is 15.2 Å². The molecule has 0 atom stereocenters. The highest BCUT2D eigenvalue weighted by Crippen LogP contribution is 2.23. The summed E-state index contributed by atoms with van der Waals surface area (Å²) in [5.41, 5.74) is 1.79. The van der Waals surface area contributed by atoms with E-state index in [1.807, 2.05) is 31.2 Å². The topological polar surface area (TPSA) is 86.2 Å². The first-order valence-electron chi connectivity index (χ1n) is 7.83. The second kappa shape index (κ2) is 8.35. The average molecular weight is 390 g/mol. The number of hydrogen-bond acceptors (Lipinski definition) is 8. The Morgan fingerprint density at radius 1 is 1.15 bits per heavy atom. The zero-order valence-corrected chi connectivity index (χ0v) is 16.2. The van der Waals surface area contributed by atoms with E-state index in [4.69, 9.17) is 9.47 Å². The molecule has 7 nitrogen and oxygen atoms in total. The smallest absolute Gasteiger partial charge is 0.269 e. The third-order valence-corrected chi connectivity index (χ3v) is 5.30. The van der Waals surface area contributed by atoms with Crippen LogP contribution >= 0.6 is 22.7 Å². The van der Waals surface area contributed by atoms with Crippen LogP contribution in [0.5, 0.6) is 5.75 Å². The van der Waals surface area contributed by atoms with Gasteiger partial charge in [-0.25, -0.2) is 4.98 Å². The molecule has 0 spiro atoms. The van der Waals surface area contributed by atoms with Gasteiger partial charge in [-0.05, 0) is 31.5 Å². The van der Waals surface area contributed by atoms with E-state index in [0.717, 1.165) is 16.3 Å². The van der Waals surface area contributed by atoms with Crippen LogP contribution in [-0.2, 0) is 18.0 Å². The van der Waals surface area contributed by atoms with E-state index in [9.17, 15) is 4.79 Å². The van der Waals surface area contributed by atoms with Gasteiger partial charge in [0.15, 0.2) is 0 Å². The number of carbonyl (C=O) groups excluding carboxylic acids is 1. The molecule has 136 valence electrons. The van der Waals surface area contributed by atoms with Crippen molar-refractivity contribution in [3.05, 3.63) is 50.4 Å². The first-order chi connectivity index (χ1) is 12.5. The lowest BCUT2D eigenvalue weighted by Gasteiger charge is -2.04. The number of thiazole rings is 1. The highest BCUT2D eigenvalue weighted by atomic mass is 32.1. The molecular weight excluding hydrogens is 372 g/mol. The second-order valence-electron chi connectivity index (χ2n) is 5.52. The first-order valence-corrected chi connectivity index (χ1v) is 9.47. The SMILES string of the molecule is COCc1nnc(NC(=O)c2sc(COc3cccc(C)c3)nc2C)s1. The molecule has 3 aromatic rings. The van der Waals surface area contributed by atoms with Crippen molar-refractivity contribution in [2.75, 3.05) is 12.4 Å². The Bertz CT molecular complexity index is 907. The van der Waals surface area contributed by atoms with Crippen molar-refractivity contribution in [1.29, 1.82) is 0 Å². The van der Waals surface area contributed by atoms with Gasteiger partial charge in [-0.3, -0.25) is 10.1 Å². The third kappa shape index (κ3) is 4.63. The lowest BCUT2D eigenvalue weighted by atomic mass is 10.2. The van der Waals surface area contributed by atoms with Gasteiger partial charge in [0.2, 0.25) is 5.13 Å². The molecule has 9 heteroatoms. The maximum absolute atomic E-state index is 12.5. The molecule has 1 aromatic carbocycles. The lowest BCUT2D eigenvalue weighted by Crippen LogP contribution is -2.11. The van der Waals surface area contributed by atoms with Crippen LogP contribution in [0, 0.1) is 13.8 Å². The minimum Gasteiger partial charge on any atom is -0.486 e. The van der Waals surface area contributed by atoms with E-state index >= 15 is 0 Å². The Labute approximate surface area is 159 Å². The molecule has 2 aromatic heterocycles. The Hall–Kier alpha value is -2.36. The standard InChI is InChI=1S/C17H18N4O3S2/c1-10-5-4-6-12(7-10)24-9-13-18-11(2)15(25-13)16(22)19-17-21-20-14(26-17)8-23-3/h4-7H,8-9H2,1-3H3,(H,19,21,22). The first kappa shape index (κ1) is 18.4. The summed E-state index contributed by atoms with van der Waals surface area (Å²) >= 11 is 2.59. The van der Waals surface area contributed by atoms with E-state index in [2.05, 4.69) is 20.5 Å². The molecule has 0 saturated carbocycles. The van der Waals surface area contributed by atoms with Gasteiger partial charge in [-0.2, -0.15) is 0 Å². The van der Waals surface area contributed by atoms with E-state index in [1.165, 1.54) is 22.7 Å². The Morgan fingerprint density at radius 2 is 2.00 bits per heavy atom. The number of aromatic nitrogens is 3. The number of hydrogen-bond donors (Lipinski definition) is 1. The van der Waals surface area contributed by atoms with Crippen molar-refractivity contribution >= 4 is 33.7 Å². The number of nitrogens with zero attached hydrogens (tertiary/aromatic N) is 3. The monoisotopic (exact) mass is 390 g/mol. The molecule has 0 radical (unpaired) electrons. The Balaban J connectivity index is 1.63. The number of anilines is 1. The predicted octanol–water partition coefficient (Wildman–Crippen LogP) is 3.59. The number of nitrogens with one attached hydrogen (secondary N) is 1. The quantitative estimate of drug-likeness (QED) is 0.663. The third-order valence-electron chi connectivity index (χ3n) is 3.35. The summed E-state index contributed by atoms with van der Waals surface area (Å²) in [5, 5.41) is 12.5. The number of amides is 1. The number of ether oxygens (including phenoxy) is 2. The van der Waals surface area contributed by atoms with Gasteiger partial charge in [0, 0.05) is 7.11 Å². The predicted molar refractivity (Wildman–Crippen MR) is 101 cm³/mol. The molecule has 26 heavy (non-hydrogen) atoms. The van der Waals surface area contributed by atoms with Gasteiger partial charge in [-0.15, -0.1) is 21.5 Å². The highest BCUT2D eigenvalue weighted by Gasteiger charge is 2.17. The van der Waals surface area contributed by atoms with Crippen LogP contribution in [-0.4, -0.2) is 28.2 Å². The molecule has 0 saturated heterocycles. The van der Waals surface area contributed by atoms with Gasteiger partial charge in [0.1, 0.15) is 33.9 Å². The van der Waals surface area contributed by atoms with Crippen molar-refractivity contribution < 1.29 is 14.3 Å². The van der Waals surface area contributed by atoms with Crippen LogP contribution in [0.3, 0.4) is 0 Å². The molecular formula is C17H18N4O3S2. The number of benzene rings is 1. The molecule has 0 unspecified atom stereocenters. The molecule has 2 heterocycles. The van der Waals surface area contributed by atoms with Crippen LogP contribution in [0.25, 0.3) is 0 Å². The zero-order valence-electron chi connectivity index (χ0n) is 14.6. The minimum atomic E-state index is -0.248. The molecule has 3 rings (SSSR count). The molecule has 0 aliphatic carbocycles. The summed E-state index contributed by atoms with van der Waals surface area (Å²) in [6.45, 7) is 4.50. The van der Waals surface area contributed by atoms with Gasteiger partial charge >= 0.3 is 0 Å². The van der Waals surface area contributed by atoms with Crippen molar-refractivity contribution in [3.63, 3.8) is 0 Å². The molecule has 1 N–H and O–H groups in total.